The normalized spacial score (nSPS) is 10.5. The van der Waals surface area contributed by atoms with Gasteiger partial charge in [0, 0.05) is 16.8 Å². The summed E-state index contributed by atoms with van der Waals surface area (Å²) < 4.78 is 0.871. The topological polar surface area (TPSA) is 110 Å². The highest BCUT2D eigenvalue weighted by Crippen LogP contribution is 2.20. The Kier molecular flexibility index (Phi) is 3.23. The number of nitrogens with one attached hydrogen (secondary N) is 1. The van der Waals surface area contributed by atoms with Crippen LogP contribution in [-0.2, 0) is 0 Å². The summed E-state index contributed by atoms with van der Waals surface area (Å²) in [5, 5.41) is 16.1. The quantitative estimate of drug-likeness (QED) is 0.629. The molecule has 2 aromatic carbocycles. The summed E-state index contributed by atoms with van der Waals surface area (Å²) in [5.74, 6) is -0.330. The Labute approximate surface area is 125 Å². The van der Waals surface area contributed by atoms with Crippen molar-refractivity contribution in [2.45, 2.75) is 0 Å². The molecule has 1 aromatic heterocycles. The minimum atomic E-state index is -1.16. The van der Waals surface area contributed by atoms with Gasteiger partial charge in [-0.25, -0.2) is 4.79 Å². The van der Waals surface area contributed by atoms with Crippen molar-refractivity contribution in [3.63, 3.8) is 0 Å². The Bertz CT molecular complexity index is 885. The van der Waals surface area contributed by atoms with Crippen LogP contribution < -0.4 is 11.1 Å². The van der Waals surface area contributed by atoms with Crippen LogP contribution in [0.25, 0.3) is 10.9 Å². The van der Waals surface area contributed by atoms with Gasteiger partial charge in [0.25, 0.3) is 5.91 Å². The second kappa shape index (κ2) is 5.21. The Morgan fingerprint density at radius 3 is 2.68 bits per heavy atom. The molecule has 0 bridgehead atoms. The summed E-state index contributed by atoms with van der Waals surface area (Å²) >= 11 is 0. The van der Waals surface area contributed by atoms with Crippen LogP contribution in [0.3, 0.4) is 0 Å². The van der Waals surface area contributed by atoms with Crippen molar-refractivity contribution in [1.29, 1.82) is 0 Å². The number of benzene rings is 2. The molecular weight excluding hydrogens is 284 g/mol. The molecule has 4 N–H and O–H groups in total. The zero-order chi connectivity index (χ0) is 15.7. The van der Waals surface area contributed by atoms with Crippen LogP contribution in [0.2, 0.25) is 0 Å². The summed E-state index contributed by atoms with van der Waals surface area (Å²) in [6.07, 6.45) is 0.263. The molecule has 7 heteroatoms. The van der Waals surface area contributed by atoms with E-state index < -0.39 is 6.09 Å². The van der Waals surface area contributed by atoms with E-state index in [1.807, 2.05) is 0 Å². The number of rotatable bonds is 2. The number of nitrogens with two attached hydrogens (primary N) is 1. The molecule has 3 rings (SSSR count). The number of fused-ring (bicyclic) bond motifs is 1. The molecule has 0 atom stereocenters. The SMILES string of the molecule is Nc1ccccc1C(=O)Nc1ccc2c(cnn2C(=O)O)c1. The van der Waals surface area contributed by atoms with Crippen LogP contribution in [0.5, 0.6) is 0 Å². The van der Waals surface area contributed by atoms with Gasteiger partial charge >= 0.3 is 6.09 Å². The number of carboxylic acid groups (broad SMARTS) is 1. The molecule has 0 aliphatic heterocycles. The summed E-state index contributed by atoms with van der Waals surface area (Å²) in [6, 6.07) is 11.6. The number of para-hydroxylation sites is 1. The van der Waals surface area contributed by atoms with Crippen LogP contribution >= 0.6 is 0 Å². The first kappa shape index (κ1) is 13.6. The fourth-order valence-electron chi connectivity index (χ4n) is 2.17. The first-order valence-electron chi connectivity index (χ1n) is 6.43. The molecule has 0 saturated heterocycles. The molecule has 0 radical (unpaired) electrons. The smallest absolute Gasteiger partial charge is 0.432 e. The third-order valence-electron chi connectivity index (χ3n) is 3.21. The van der Waals surface area contributed by atoms with E-state index in [9.17, 15) is 9.59 Å². The molecule has 7 nitrogen and oxygen atoms in total. The minimum absolute atomic E-state index is 0.330. The van der Waals surface area contributed by atoms with Gasteiger partial charge in [-0.05, 0) is 30.3 Å². The molecular formula is C15H12N4O3. The number of carbonyl (C=O) groups excluding carboxylic acids is 1. The van der Waals surface area contributed by atoms with Gasteiger partial charge in [0.05, 0.1) is 17.3 Å². The van der Waals surface area contributed by atoms with Crippen molar-refractivity contribution in [3.05, 3.63) is 54.2 Å². The molecule has 1 heterocycles. The highest BCUT2D eigenvalue weighted by Gasteiger charge is 2.12. The van der Waals surface area contributed by atoms with E-state index in [4.69, 9.17) is 10.8 Å². The van der Waals surface area contributed by atoms with E-state index in [0.717, 1.165) is 4.68 Å². The molecule has 1 amide bonds. The monoisotopic (exact) mass is 296 g/mol. The van der Waals surface area contributed by atoms with E-state index in [-0.39, 0.29) is 5.91 Å². The fourth-order valence-corrected chi connectivity index (χ4v) is 2.17. The van der Waals surface area contributed by atoms with Gasteiger partial charge in [0.15, 0.2) is 0 Å². The Morgan fingerprint density at radius 1 is 1.18 bits per heavy atom. The van der Waals surface area contributed by atoms with Crippen molar-refractivity contribution >= 4 is 34.3 Å². The maximum atomic E-state index is 12.2. The standard InChI is InChI=1S/C15H12N4O3/c16-12-4-2-1-3-11(12)14(20)18-10-5-6-13-9(7-10)8-17-19(13)15(21)22/h1-8H,16H2,(H,18,20)(H,21,22). The van der Waals surface area contributed by atoms with Crippen molar-refractivity contribution in [3.8, 4) is 0 Å². The number of hydrogen-bond acceptors (Lipinski definition) is 4. The number of amides is 1. The van der Waals surface area contributed by atoms with E-state index in [0.29, 0.717) is 27.8 Å². The molecule has 0 aliphatic rings. The highest BCUT2D eigenvalue weighted by molar-refractivity contribution is 6.08. The third kappa shape index (κ3) is 2.35. The maximum Gasteiger partial charge on any atom is 0.432 e. The molecule has 110 valence electrons. The van der Waals surface area contributed by atoms with Crippen molar-refractivity contribution in [1.82, 2.24) is 9.78 Å². The van der Waals surface area contributed by atoms with Crippen LogP contribution in [0.1, 0.15) is 10.4 Å². The predicted octanol–water partition coefficient (Wildman–Crippen LogP) is 2.40. The van der Waals surface area contributed by atoms with E-state index >= 15 is 0 Å². The lowest BCUT2D eigenvalue weighted by molar-refractivity contribution is 0.102. The van der Waals surface area contributed by atoms with Gasteiger partial charge in [0.1, 0.15) is 0 Å². The number of hydrogen-bond donors (Lipinski definition) is 3. The number of anilines is 2. The summed E-state index contributed by atoms with van der Waals surface area (Å²) in [4.78, 5) is 23.2. The van der Waals surface area contributed by atoms with Gasteiger partial charge in [-0.3, -0.25) is 4.79 Å². The minimum Gasteiger partial charge on any atom is -0.463 e. The van der Waals surface area contributed by atoms with Gasteiger partial charge < -0.3 is 16.2 Å². The van der Waals surface area contributed by atoms with Crippen LogP contribution in [0.15, 0.2) is 48.7 Å². The first-order chi connectivity index (χ1) is 10.6. The molecule has 0 aliphatic carbocycles. The van der Waals surface area contributed by atoms with Gasteiger partial charge in [0.2, 0.25) is 0 Å². The third-order valence-corrected chi connectivity index (χ3v) is 3.21. The van der Waals surface area contributed by atoms with Crippen LogP contribution in [0.4, 0.5) is 16.2 Å². The molecule has 0 fully saturated rings. The lowest BCUT2D eigenvalue weighted by Gasteiger charge is -2.07. The van der Waals surface area contributed by atoms with Crippen molar-refractivity contribution in [2.75, 3.05) is 11.1 Å². The molecule has 0 saturated carbocycles. The highest BCUT2D eigenvalue weighted by atomic mass is 16.4. The molecule has 22 heavy (non-hydrogen) atoms. The summed E-state index contributed by atoms with van der Waals surface area (Å²) in [7, 11) is 0. The van der Waals surface area contributed by atoms with E-state index in [2.05, 4.69) is 10.4 Å². The average Bonchev–Trinajstić information content (AvgIpc) is 2.91. The first-order valence-corrected chi connectivity index (χ1v) is 6.43. The Balaban J connectivity index is 1.90. The average molecular weight is 296 g/mol. The van der Waals surface area contributed by atoms with E-state index in [1.54, 1.807) is 42.5 Å². The van der Waals surface area contributed by atoms with Crippen LogP contribution in [-0.4, -0.2) is 26.9 Å². The maximum absolute atomic E-state index is 12.2. The number of aromatic nitrogens is 2. The zero-order valence-corrected chi connectivity index (χ0v) is 11.4. The second-order valence-electron chi connectivity index (χ2n) is 4.65. The predicted molar refractivity (Wildman–Crippen MR) is 82.0 cm³/mol. The summed E-state index contributed by atoms with van der Waals surface area (Å²) in [6.45, 7) is 0. The zero-order valence-electron chi connectivity index (χ0n) is 11.4. The second-order valence-corrected chi connectivity index (χ2v) is 4.65. The molecule has 3 aromatic rings. The number of nitrogens with zero attached hydrogens (tertiary/aromatic N) is 2. The number of carbonyl (C=O) groups is 2. The van der Waals surface area contributed by atoms with Gasteiger partial charge in [-0.1, -0.05) is 12.1 Å². The lowest BCUT2D eigenvalue weighted by Crippen LogP contribution is -2.14. The fraction of sp³-hybridized carbons (Fsp3) is 0. The molecule has 0 unspecified atom stereocenters. The van der Waals surface area contributed by atoms with Crippen molar-refractivity contribution in [2.24, 2.45) is 0 Å². The Hall–Kier alpha value is -3.35. The van der Waals surface area contributed by atoms with Crippen LogP contribution in [0, 0.1) is 0 Å². The van der Waals surface area contributed by atoms with Crippen molar-refractivity contribution < 1.29 is 14.7 Å². The molecule has 0 spiro atoms. The Morgan fingerprint density at radius 2 is 1.95 bits per heavy atom. The van der Waals surface area contributed by atoms with Gasteiger partial charge in [-0.15, -0.1) is 0 Å². The number of nitrogen functional groups attached to an aromatic ring is 1. The van der Waals surface area contributed by atoms with E-state index in [1.165, 1.54) is 6.20 Å². The lowest BCUT2D eigenvalue weighted by atomic mass is 10.1. The summed E-state index contributed by atoms with van der Waals surface area (Å²) in [5.41, 5.74) is 7.51. The van der Waals surface area contributed by atoms with Gasteiger partial charge in [-0.2, -0.15) is 9.78 Å². The largest absolute Gasteiger partial charge is 0.463 e.